The van der Waals surface area contributed by atoms with E-state index in [0.29, 0.717) is 6.21 Å². The quantitative estimate of drug-likeness (QED) is 0.472. The van der Waals surface area contributed by atoms with Gasteiger partial charge in [-0.25, -0.2) is 0 Å². The van der Waals surface area contributed by atoms with Crippen molar-refractivity contribution in [3.8, 4) is 0 Å². The van der Waals surface area contributed by atoms with E-state index in [0.717, 1.165) is 0 Å². The summed E-state index contributed by atoms with van der Waals surface area (Å²) in [6, 6.07) is 0. The van der Waals surface area contributed by atoms with E-state index in [4.69, 9.17) is 22.4 Å². The van der Waals surface area contributed by atoms with E-state index >= 15 is 0 Å². The molecule has 0 saturated carbocycles. The minimum Gasteiger partial charge on any atom is -0.311 e. The standard InChI is InChI=1S/C4H4ClF3N2/c5-2(1-9)3(10)4(6,7)8/h1-2,9-10H. The summed E-state index contributed by atoms with van der Waals surface area (Å²) in [6.45, 7) is 0. The Labute approximate surface area is 60.0 Å². The van der Waals surface area contributed by atoms with Gasteiger partial charge in [-0.15, -0.1) is 11.6 Å². The lowest BCUT2D eigenvalue weighted by Crippen LogP contribution is -2.31. The van der Waals surface area contributed by atoms with Gasteiger partial charge in [0.25, 0.3) is 0 Å². The first-order valence-electron chi connectivity index (χ1n) is 2.20. The van der Waals surface area contributed by atoms with Gasteiger partial charge in [-0.1, -0.05) is 0 Å². The molecule has 0 bridgehead atoms. The minimum absolute atomic E-state index is 0.359. The zero-order valence-corrected chi connectivity index (χ0v) is 5.42. The molecule has 1 unspecified atom stereocenters. The summed E-state index contributed by atoms with van der Waals surface area (Å²) < 4.78 is 34.4. The van der Waals surface area contributed by atoms with Gasteiger partial charge in [-0.3, -0.25) is 5.41 Å². The SMILES string of the molecule is N=CC(Cl)C(=N)C(F)(F)F. The van der Waals surface area contributed by atoms with Crippen LogP contribution in [0.1, 0.15) is 0 Å². The Morgan fingerprint density at radius 1 is 1.50 bits per heavy atom. The van der Waals surface area contributed by atoms with Gasteiger partial charge in [-0.05, 0) is 0 Å². The molecule has 6 heteroatoms. The maximum Gasteiger partial charge on any atom is 0.430 e. The first-order chi connectivity index (χ1) is 4.39. The van der Waals surface area contributed by atoms with Crippen molar-refractivity contribution in [3.05, 3.63) is 0 Å². The van der Waals surface area contributed by atoms with Crippen LogP contribution in [0.25, 0.3) is 0 Å². The molecule has 0 rings (SSSR count). The molecule has 0 aliphatic rings. The fourth-order valence-corrected chi connectivity index (χ4v) is 0.363. The van der Waals surface area contributed by atoms with Crippen LogP contribution in [0.2, 0.25) is 0 Å². The van der Waals surface area contributed by atoms with Crippen LogP contribution in [-0.4, -0.2) is 23.5 Å². The predicted octanol–water partition coefficient (Wildman–Crippen LogP) is 1.83. The average molecular weight is 173 g/mol. The molecule has 0 aliphatic heterocycles. The molecule has 1 atom stereocenters. The molecule has 0 saturated heterocycles. The molecule has 0 aliphatic carbocycles. The van der Waals surface area contributed by atoms with Crippen molar-refractivity contribution in [2.75, 3.05) is 0 Å². The van der Waals surface area contributed by atoms with Gasteiger partial charge in [0.2, 0.25) is 0 Å². The van der Waals surface area contributed by atoms with Gasteiger partial charge in [0, 0.05) is 6.21 Å². The fourth-order valence-electron chi connectivity index (χ4n) is 0.240. The second-order valence-corrected chi connectivity index (χ2v) is 1.95. The zero-order valence-electron chi connectivity index (χ0n) is 4.67. The highest BCUT2D eigenvalue weighted by Gasteiger charge is 2.37. The van der Waals surface area contributed by atoms with Gasteiger partial charge >= 0.3 is 6.18 Å². The molecule has 2 nitrogen and oxygen atoms in total. The number of halogens is 4. The summed E-state index contributed by atoms with van der Waals surface area (Å²) in [7, 11) is 0. The Kier molecular flexibility index (Phi) is 2.83. The Bertz CT molecular complexity index is 153. The molecule has 2 N–H and O–H groups in total. The molecular formula is C4H4ClF3N2. The largest absolute Gasteiger partial charge is 0.430 e. The molecule has 0 radical (unpaired) electrons. The lowest BCUT2D eigenvalue weighted by molar-refractivity contribution is -0.0603. The maximum absolute atomic E-state index is 11.5. The first kappa shape index (κ1) is 9.42. The highest BCUT2D eigenvalue weighted by Crippen LogP contribution is 2.19. The number of nitrogens with one attached hydrogen (secondary N) is 2. The van der Waals surface area contributed by atoms with E-state index in [-0.39, 0.29) is 0 Å². The molecular weight excluding hydrogens is 169 g/mol. The molecule has 0 fully saturated rings. The Hall–Kier alpha value is -0.580. The highest BCUT2D eigenvalue weighted by molar-refractivity contribution is 6.40. The van der Waals surface area contributed by atoms with Gasteiger partial charge in [0.1, 0.15) is 11.1 Å². The van der Waals surface area contributed by atoms with E-state index in [1.54, 1.807) is 0 Å². The normalized spacial score (nSPS) is 14.4. The molecule has 0 spiro atoms. The van der Waals surface area contributed by atoms with E-state index in [9.17, 15) is 13.2 Å². The average Bonchev–Trinajstić information content (AvgIpc) is 1.83. The molecule has 0 aromatic carbocycles. The second kappa shape index (κ2) is 3.01. The lowest BCUT2D eigenvalue weighted by atomic mass is 10.3. The van der Waals surface area contributed by atoms with Crippen LogP contribution in [0.5, 0.6) is 0 Å². The smallest absolute Gasteiger partial charge is 0.311 e. The van der Waals surface area contributed by atoms with Crippen molar-refractivity contribution in [2.45, 2.75) is 11.6 Å². The summed E-state index contributed by atoms with van der Waals surface area (Å²) >= 11 is 4.91. The summed E-state index contributed by atoms with van der Waals surface area (Å²) in [4.78, 5) is 0. The van der Waals surface area contributed by atoms with Gasteiger partial charge < -0.3 is 5.41 Å². The first-order valence-corrected chi connectivity index (χ1v) is 2.63. The second-order valence-electron chi connectivity index (χ2n) is 1.48. The zero-order chi connectivity index (χ0) is 8.36. The van der Waals surface area contributed by atoms with Gasteiger partial charge in [0.05, 0.1) is 0 Å². The van der Waals surface area contributed by atoms with Crippen LogP contribution in [0.4, 0.5) is 13.2 Å². The topological polar surface area (TPSA) is 47.7 Å². The number of alkyl halides is 4. The van der Waals surface area contributed by atoms with Crippen molar-refractivity contribution in [1.82, 2.24) is 0 Å². The summed E-state index contributed by atoms with van der Waals surface area (Å²) in [5.41, 5.74) is -1.61. The third-order valence-corrected chi connectivity index (χ3v) is 1.07. The van der Waals surface area contributed by atoms with Crippen LogP contribution in [0.15, 0.2) is 0 Å². The molecule has 58 valence electrons. The minimum atomic E-state index is -4.72. The summed E-state index contributed by atoms with van der Waals surface area (Å²) in [5, 5.41) is 11.0. The summed E-state index contributed by atoms with van der Waals surface area (Å²) in [6.07, 6.45) is -4.36. The molecule has 0 aromatic rings. The molecule has 10 heavy (non-hydrogen) atoms. The Morgan fingerprint density at radius 2 is 1.90 bits per heavy atom. The van der Waals surface area contributed by atoms with E-state index in [1.165, 1.54) is 0 Å². The monoisotopic (exact) mass is 172 g/mol. The van der Waals surface area contributed by atoms with Gasteiger partial charge in [-0.2, -0.15) is 13.2 Å². The van der Waals surface area contributed by atoms with Crippen molar-refractivity contribution < 1.29 is 13.2 Å². The van der Waals surface area contributed by atoms with Crippen molar-refractivity contribution in [2.24, 2.45) is 0 Å². The lowest BCUT2D eigenvalue weighted by Gasteiger charge is -2.08. The Morgan fingerprint density at radius 3 is 2.00 bits per heavy atom. The van der Waals surface area contributed by atoms with Crippen molar-refractivity contribution >= 4 is 23.5 Å². The van der Waals surface area contributed by atoms with Crippen molar-refractivity contribution in [1.29, 1.82) is 10.8 Å². The Balaban J connectivity index is 4.22. The third-order valence-electron chi connectivity index (χ3n) is 0.728. The third kappa shape index (κ3) is 2.34. The molecule has 0 heterocycles. The van der Waals surface area contributed by atoms with Crippen LogP contribution in [0.3, 0.4) is 0 Å². The fraction of sp³-hybridized carbons (Fsp3) is 0.500. The maximum atomic E-state index is 11.5. The van der Waals surface area contributed by atoms with Crippen LogP contribution in [0, 0.1) is 10.8 Å². The van der Waals surface area contributed by atoms with Crippen LogP contribution >= 0.6 is 11.6 Å². The van der Waals surface area contributed by atoms with E-state index in [2.05, 4.69) is 0 Å². The number of hydrogen-bond acceptors (Lipinski definition) is 2. The van der Waals surface area contributed by atoms with E-state index in [1.807, 2.05) is 0 Å². The van der Waals surface area contributed by atoms with Crippen molar-refractivity contribution in [3.63, 3.8) is 0 Å². The van der Waals surface area contributed by atoms with Crippen LogP contribution < -0.4 is 0 Å². The predicted molar refractivity (Wildman–Crippen MR) is 32.2 cm³/mol. The molecule has 0 amide bonds. The van der Waals surface area contributed by atoms with Crippen LogP contribution in [-0.2, 0) is 0 Å². The van der Waals surface area contributed by atoms with Gasteiger partial charge in [0.15, 0.2) is 0 Å². The molecule has 0 aromatic heterocycles. The summed E-state index contributed by atoms with van der Waals surface area (Å²) in [5.74, 6) is 0. The van der Waals surface area contributed by atoms with E-state index < -0.39 is 17.3 Å². The highest BCUT2D eigenvalue weighted by atomic mass is 35.5. The number of hydrogen-bond donors (Lipinski definition) is 2. The number of rotatable bonds is 2.